The van der Waals surface area contributed by atoms with Gasteiger partial charge < -0.3 is 9.47 Å². The van der Waals surface area contributed by atoms with Crippen molar-refractivity contribution >= 4 is 15.7 Å². The molecule has 24 heavy (non-hydrogen) atoms. The second-order valence-corrected chi connectivity index (χ2v) is 7.80. The predicted molar refractivity (Wildman–Crippen MR) is 93.7 cm³/mol. The van der Waals surface area contributed by atoms with E-state index in [-0.39, 0.29) is 10.8 Å². The Morgan fingerprint density at radius 2 is 1.71 bits per heavy atom. The molecule has 0 aromatic heterocycles. The summed E-state index contributed by atoms with van der Waals surface area (Å²) in [4.78, 5) is 0.240. The summed E-state index contributed by atoms with van der Waals surface area (Å²) in [5, 5.41) is 0. The van der Waals surface area contributed by atoms with Gasteiger partial charge in [0, 0.05) is 18.5 Å². The van der Waals surface area contributed by atoms with Crippen molar-refractivity contribution in [1.29, 1.82) is 0 Å². The molecule has 0 radical (unpaired) electrons. The minimum atomic E-state index is -3.68. The molecule has 0 N–H and O–H groups in total. The van der Waals surface area contributed by atoms with Crippen molar-refractivity contribution in [1.82, 2.24) is 0 Å². The Morgan fingerprint density at radius 3 is 2.38 bits per heavy atom. The van der Waals surface area contributed by atoms with Gasteiger partial charge >= 0.3 is 0 Å². The van der Waals surface area contributed by atoms with Crippen LogP contribution in [0.5, 0.6) is 11.5 Å². The zero-order chi connectivity index (χ0) is 17.5. The first-order chi connectivity index (χ1) is 11.4. The van der Waals surface area contributed by atoms with E-state index in [1.54, 1.807) is 13.0 Å². The highest BCUT2D eigenvalue weighted by Crippen LogP contribution is 2.41. The molecule has 128 valence electrons. The molecule has 5 nitrogen and oxygen atoms in total. The number of ether oxygens (including phenoxy) is 2. The summed E-state index contributed by atoms with van der Waals surface area (Å²) < 4.78 is 38.5. The number of sulfonamides is 1. The second kappa shape index (κ2) is 6.02. The van der Waals surface area contributed by atoms with Crippen LogP contribution in [-0.4, -0.2) is 29.2 Å². The van der Waals surface area contributed by atoms with Gasteiger partial charge in [-0.1, -0.05) is 25.1 Å². The molecule has 0 saturated heterocycles. The van der Waals surface area contributed by atoms with Crippen molar-refractivity contribution in [2.45, 2.75) is 24.7 Å². The molecule has 3 rings (SSSR count). The summed E-state index contributed by atoms with van der Waals surface area (Å²) >= 11 is 0. The van der Waals surface area contributed by atoms with Crippen LogP contribution in [0.1, 0.15) is 24.0 Å². The molecule has 6 heteroatoms. The van der Waals surface area contributed by atoms with Gasteiger partial charge in [-0.15, -0.1) is 0 Å². The number of hydrogen-bond acceptors (Lipinski definition) is 4. The van der Waals surface area contributed by atoms with Gasteiger partial charge in [0.25, 0.3) is 10.0 Å². The molecule has 1 atom stereocenters. The van der Waals surface area contributed by atoms with Gasteiger partial charge in [0.15, 0.2) is 11.5 Å². The molecule has 0 bridgehead atoms. The summed E-state index contributed by atoms with van der Waals surface area (Å²) in [6.45, 7) is 4.24. The maximum Gasteiger partial charge on any atom is 0.264 e. The smallest absolute Gasteiger partial charge is 0.264 e. The predicted octanol–water partition coefficient (Wildman–Crippen LogP) is 3.32. The van der Waals surface area contributed by atoms with Gasteiger partial charge in [0.2, 0.25) is 0 Å². The zero-order valence-electron chi connectivity index (χ0n) is 14.2. The number of nitrogens with zero attached hydrogens (tertiary/aromatic N) is 1. The first-order valence-electron chi connectivity index (χ1n) is 7.74. The number of fused-ring (bicyclic) bond motifs is 1. The first kappa shape index (κ1) is 16.6. The van der Waals surface area contributed by atoms with Gasteiger partial charge in [-0.05, 0) is 30.2 Å². The quantitative estimate of drug-likeness (QED) is 0.851. The van der Waals surface area contributed by atoms with Crippen LogP contribution < -0.4 is 13.8 Å². The first-order valence-corrected chi connectivity index (χ1v) is 9.18. The number of rotatable bonds is 4. The van der Waals surface area contributed by atoms with Crippen LogP contribution >= 0.6 is 0 Å². The Morgan fingerprint density at radius 1 is 1.08 bits per heavy atom. The maximum atomic E-state index is 13.3. The summed E-state index contributed by atoms with van der Waals surface area (Å²) in [6.07, 6.45) is 0. The summed E-state index contributed by atoms with van der Waals surface area (Å²) in [7, 11) is -0.647. The molecule has 0 fully saturated rings. The fourth-order valence-electron chi connectivity index (χ4n) is 3.16. The molecule has 1 unspecified atom stereocenters. The third kappa shape index (κ3) is 2.51. The standard InChI is InChI=1S/C18H21NO4S/c1-12-9-16(22-3)17(23-4)10-18(12)24(20,21)19-11-13(2)14-7-5-6-8-15(14)19/h5-10,13H,11H2,1-4H3. The highest BCUT2D eigenvalue weighted by molar-refractivity contribution is 7.93. The van der Waals surface area contributed by atoms with E-state index in [0.717, 1.165) is 11.3 Å². The average Bonchev–Trinajstić information content (AvgIpc) is 2.92. The van der Waals surface area contributed by atoms with Crippen molar-refractivity contribution in [3.63, 3.8) is 0 Å². The van der Waals surface area contributed by atoms with Crippen LogP contribution in [0.4, 0.5) is 5.69 Å². The van der Waals surface area contributed by atoms with Crippen molar-refractivity contribution in [2.75, 3.05) is 25.1 Å². The minimum absolute atomic E-state index is 0.163. The SMILES string of the molecule is COc1cc(C)c(S(=O)(=O)N2CC(C)c3ccccc32)cc1OC. The monoisotopic (exact) mass is 347 g/mol. The molecule has 1 heterocycles. The third-order valence-corrected chi connectivity index (χ3v) is 6.35. The van der Waals surface area contributed by atoms with Crippen LogP contribution in [0.25, 0.3) is 0 Å². The minimum Gasteiger partial charge on any atom is -0.493 e. The van der Waals surface area contributed by atoms with Crippen LogP contribution in [0.2, 0.25) is 0 Å². The van der Waals surface area contributed by atoms with Crippen molar-refractivity contribution in [3.8, 4) is 11.5 Å². The second-order valence-electron chi connectivity index (χ2n) is 5.97. The molecular weight excluding hydrogens is 326 g/mol. The van der Waals surface area contributed by atoms with Crippen LogP contribution in [-0.2, 0) is 10.0 Å². The van der Waals surface area contributed by atoms with Crippen molar-refractivity contribution in [2.24, 2.45) is 0 Å². The fraction of sp³-hybridized carbons (Fsp3) is 0.333. The summed E-state index contributed by atoms with van der Waals surface area (Å²) in [5.41, 5.74) is 2.43. The van der Waals surface area contributed by atoms with Crippen molar-refractivity contribution < 1.29 is 17.9 Å². The topological polar surface area (TPSA) is 55.8 Å². The van der Waals surface area contributed by atoms with Crippen LogP contribution in [0, 0.1) is 6.92 Å². The molecule has 1 aliphatic heterocycles. The van der Waals surface area contributed by atoms with E-state index in [0.29, 0.717) is 23.6 Å². The van der Waals surface area contributed by atoms with E-state index in [1.807, 2.05) is 31.2 Å². The molecule has 0 saturated carbocycles. The number of methoxy groups -OCH3 is 2. The van der Waals surface area contributed by atoms with Crippen LogP contribution in [0.15, 0.2) is 41.3 Å². The largest absolute Gasteiger partial charge is 0.493 e. The molecule has 2 aromatic carbocycles. The third-order valence-electron chi connectivity index (χ3n) is 4.43. The number of hydrogen-bond donors (Lipinski definition) is 0. The summed E-state index contributed by atoms with van der Waals surface area (Å²) in [5.74, 6) is 1.09. The van der Waals surface area contributed by atoms with E-state index in [4.69, 9.17) is 9.47 Å². The average molecular weight is 347 g/mol. The number of benzene rings is 2. The number of aryl methyl sites for hydroxylation is 1. The zero-order valence-corrected chi connectivity index (χ0v) is 15.1. The lowest BCUT2D eigenvalue weighted by molar-refractivity contribution is 0.353. The lowest BCUT2D eigenvalue weighted by atomic mass is 10.0. The maximum absolute atomic E-state index is 13.3. The van der Waals surface area contributed by atoms with Crippen LogP contribution in [0.3, 0.4) is 0 Å². The van der Waals surface area contributed by atoms with Gasteiger partial charge in [0.05, 0.1) is 24.8 Å². The molecular formula is C18H21NO4S. The normalized spacial score (nSPS) is 16.8. The van der Waals surface area contributed by atoms with E-state index >= 15 is 0 Å². The Hall–Kier alpha value is -2.21. The summed E-state index contributed by atoms with van der Waals surface area (Å²) in [6, 6.07) is 10.9. The van der Waals surface area contributed by atoms with E-state index in [9.17, 15) is 8.42 Å². The van der Waals surface area contributed by atoms with Gasteiger partial charge in [0.1, 0.15) is 0 Å². The molecule has 2 aromatic rings. The van der Waals surface area contributed by atoms with Gasteiger partial charge in [-0.2, -0.15) is 0 Å². The van der Waals surface area contributed by atoms with Gasteiger partial charge in [-0.25, -0.2) is 8.42 Å². The van der Waals surface area contributed by atoms with Crippen molar-refractivity contribution in [3.05, 3.63) is 47.5 Å². The fourth-order valence-corrected chi connectivity index (χ4v) is 4.97. The Kier molecular flexibility index (Phi) is 4.17. The lowest BCUT2D eigenvalue weighted by Crippen LogP contribution is -2.30. The van der Waals surface area contributed by atoms with E-state index in [2.05, 4.69) is 0 Å². The number of para-hydroxylation sites is 1. The molecule has 1 aliphatic rings. The molecule has 0 spiro atoms. The van der Waals surface area contributed by atoms with E-state index < -0.39 is 10.0 Å². The Labute approximate surface area is 142 Å². The lowest BCUT2D eigenvalue weighted by Gasteiger charge is -2.22. The van der Waals surface area contributed by atoms with Gasteiger partial charge in [-0.3, -0.25) is 4.31 Å². The molecule has 0 amide bonds. The highest BCUT2D eigenvalue weighted by atomic mass is 32.2. The van der Waals surface area contributed by atoms with E-state index in [1.165, 1.54) is 24.6 Å². The Balaban J connectivity index is 2.13. The molecule has 0 aliphatic carbocycles. The highest BCUT2D eigenvalue weighted by Gasteiger charge is 2.35. The number of anilines is 1. The Bertz CT molecular complexity index is 877.